The van der Waals surface area contributed by atoms with Crippen LogP contribution in [0.25, 0.3) is 0 Å². The zero-order valence-electron chi connectivity index (χ0n) is 14.9. The smallest absolute Gasteiger partial charge is 0.407 e. The summed E-state index contributed by atoms with van der Waals surface area (Å²) in [5, 5.41) is 11.7. The van der Waals surface area contributed by atoms with Gasteiger partial charge in [-0.2, -0.15) is 0 Å². The van der Waals surface area contributed by atoms with Crippen LogP contribution >= 0.6 is 0 Å². The Balaban J connectivity index is 2.65. The molecule has 6 heteroatoms. The summed E-state index contributed by atoms with van der Waals surface area (Å²) in [5.74, 6) is 0.215. The molecule has 1 aromatic carbocycles. The van der Waals surface area contributed by atoms with Crippen LogP contribution in [0.1, 0.15) is 46.1 Å². The van der Waals surface area contributed by atoms with Crippen molar-refractivity contribution in [2.75, 3.05) is 13.2 Å². The number of carbonyl (C=O) groups excluding carboxylic acids is 1. The first-order valence-corrected chi connectivity index (χ1v) is 8.26. The number of benzene rings is 1. The number of rotatable bonds is 8. The number of ether oxygens (including phenoxy) is 2. The van der Waals surface area contributed by atoms with E-state index in [-0.39, 0.29) is 25.1 Å². The van der Waals surface area contributed by atoms with Crippen LogP contribution in [0.3, 0.4) is 0 Å². The summed E-state index contributed by atoms with van der Waals surface area (Å²) < 4.78 is 24.2. The van der Waals surface area contributed by atoms with Gasteiger partial charge in [0.25, 0.3) is 0 Å². The molecule has 1 amide bonds. The molecule has 0 radical (unpaired) electrons. The van der Waals surface area contributed by atoms with Gasteiger partial charge in [-0.25, -0.2) is 9.18 Å². The first-order valence-electron chi connectivity index (χ1n) is 8.26. The molecule has 0 fully saturated rings. The quantitative estimate of drug-likeness (QED) is 0.760. The highest BCUT2D eigenvalue weighted by Crippen LogP contribution is 2.22. The predicted molar refractivity (Wildman–Crippen MR) is 90.8 cm³/mol. The summed E-state index contributed by atoms with van der Waals surface area (Å²) in [6, 6.07) is 4.23. The van der Waals surface area contributed by atoms with Crippen molar-refractivity contribution in [3.63, 3.8) is 0 Å². The van der Waals surface area contributed by atoms with Crippen LogP contribution in [0.2, 0.25) is 0 Å². The molecule has 0 aliphatic rings. The van der Waals surface area contributed by atoms with Gasteiger partial charge in [-0.1, -0.05) is 6.92 Å². The Hall–Kier alpha value is -1.82. The molecular formula is C18H28FNO4. The molecule has 2 N–H and O–H groups in total. The second-order valence-corrected chi connectivity index (χ2v) is 6.61. The average Bonchev–Trinajstić information content (AvgIpc) is 2.48. The highest BCUT2D eigenvalue weighted by Gasteiger charge is 2.19. The van der Waals surface area contributed by atoms with Crippen LogP contribution in [-0.2, 0) is 11.2 Å². The van der Waals surface area contributed by atoms with Crippen molar-refractivity contribution < 1.29 is 23.8 Å². The molecule has 0 bridgehead atoms. The SMILES string of the molecule is CC[C@@H](CCc1cc(F)ccc1OCCO)NC(=O)OC(C)(C)C. The Morgan fingerprint density at radius 1 is 1.38 bits per heavy atom. The van der Waals surface area contributed by atoms with Crippen molar-refractivity contribution in [2.45, 2.75) is 58.6 Å². The summed E-state index contributed by atoms with van der Waals surface area (Å²) in [6.07, 6.45) is 1.47. The third-order valence-corrected chi connectivity index (χ3v) is 3.35. The lowest BCUT2D eigenvalue weighted by molar-refractivity contribution is 0.0500. The van der Waals surface area contributed by atoms with Crippen molar-refractivity contribution in [3.05, 3.63) is 29.6 Å². The number of aryl methyl sites for hydroxylation is 1. The lowest BCUT2D eigenvalue weighted by atomic mass is 10.0. The highest BCUT2D eigenvalue weighted by molar-refractivity contribution is 5.68. The topological polar surface area (TPSA) is 67.8 Å². The molecule has 0 saturated carbocycles. The summed E-state index contributed by atoms with van der Waals surface area (Å²) in [5.41, 5.74) is 0.170. The van der Waals surface area contributed by atoms with Gasteiger partial charge in [0, 0.05) is 6.04 Å². The van der Waals surface area contributed by atoms with E-state index in [4.69, 9.17) is 14.6 Å². The van der Waals surface area contributed by atoms with Crippen LogP contribution in [-0.4, -0.2) is 36.1 Å². The lowest BCUT2D eigenvalue weighted by Crippen LogP contribution is -2.39. The van der Waals surface area contributed by atoms with Gasteiger partial charge in [-0.15, -0.1) is 0 Å². The Bertz CT molecular complexity index is 528. The normalized spacial score (nSPS) is 12.6. The van der Waals surface area contributed by atoms with Crippen LogP contribution in [0.4, 0.5) is 9.18 Å². The first kappa shape index (κ1) is 20.2. The number of aliphatic hydroxyl groups is 1. The van der Waals surface area contributed by atoms with Gasteiger partial charge in [0.05, 0.1) is 6.61 Å². The molecule has 0 heterocycles. The minimum atomic E-state index is -0.545. The molecule has 1 rings (SSSR count). The zero-order valence-corrected chi connectivity index (χ0v) is 14.9. The standard InChI is InChI=1S/C18H28FNO4/c1-5-15(20-17(22)24-18(2,3)4)8-6-13-12-14(19)7-9-16(13)23-11-10-21/h7,9,12,15,21H,5-6,8,10-11H2,1-4H3,(H,20,22)/t15-/m0/s1. The van der Waals surface area contributed by atoms with Gasteiger partial charge in [-0.05, 0) is 63.8 Å². The molecule has 0 aliphatic carbocycles. The molecule has 0 saturated heterocycles. The molecule has 136 valence electrons. The van der Waals surface area contributed by atoms with Crippen LogP contribution in [0, 0.1) is 5.82 Å². The summed E-state index contributed by atoms with van der Waals surface area (Å²) in [6.45, 7) is 7.46. The number of halogens is 1. The number of hydrogen-bond acceptors (Lipinski definition) is 4. The van der Waals surface area contributed by atoms with Gasteiger partial charge in [0.15, 0.2) is 0 Å². The number of alkyl carbamates (subject to hydrolysis) is 1. The van der Waals surface area contributed by atoms with E-state index in [0.717, 1.165) is 6.42 Å². The largest absolute Gasteiger partial charge is 0.491 e. The van der Waals surface area contributed by atoms with Crippen molar-refractivity contribution in [2.24, 2.45) is 0 Å². The Kier molecular flexibility index (Phi) is 7.98. The predicted octanol–water partition coefficient (Wildman–Crippen LogP) is 3.43. The van der Waals surface area contributed by atoms with E-state index >= 15 is 0 Å². The van der Waals surface area contributed by atoms with Gasteiger partial charge in [0.1, 0.15) is 23.8 Å². The summed E-state index contributed by atoms with van der Waals surface area (Å²) in [7, 11) is 0. The van der Waals surface area contributed by atoms with E-state index in [9.17, 15) is 9.18 Å². The van der Waals surface area contributed by atoms with Crippen LogP contribution in [0.15, 0.2) is 18.2 Å². The van der Waals surface area contributed by atoms with E-state index in [0.29, 0.717) is 24.2 Å². The first-order chi connectivity index (χ1) is 11.2. The Morgan fingerprint density at radius 3 is 2.67 bits per heavy atom. The van der Waals surface area contributed by atoms with Crippen LogP contribution < -0.4 is 10.1 Å². The molecular weight excluding hydrogens is 313 g/mol. The van der Waals surface area contributed by atoms with E-state index in [2.05, 4.69) is 5.32 Å². The maximum Gasteiger partial charge on any atom is 0.407 e. The fourth-order valence-corrected chi connectivity index (χ4v) is 2.22. The molecule has 0 aliphatic heterocycles. The van der Waals surface area contributed by atoms with E-state index < -0.39 is 11.7 Å². The minimum Gasteiger partial charge on any atom is -0.491 e. The van der Waals surface area contributed by atoms with Crippen LogP contribution in [0.5, 0.6) is 5.75 Å². The zero-order chi connectivity index (χ0) is 18.2. The van der Waals surface area contributed by atoms with Crippen molar-refractivity contribution in [1.29, 1.82) is 0 Å². The minimum absolute atomic E-state index is 0.0752. The van der Waals surface area contributed by atoms with Crippen molar-refractivity contribution in [1.82, 2.24) is 5.32 Å². The Morgan fingerprint density at radius 2 is 2.08 bits per heavy atom. The third kappa shape index (κ3) is 7.64. The molecule has 1 atom stereocenters. The van der Waals surface area contributed by atoms with Gasteiger partial charge >= 0.3 is 6.09 Å². The maximum atomic E-state index is 13.5. The Labute approximate surface area is 143 Å². The fourth-order valence-electron chi connectivity index (χ4n) is 2.22. The average molecular weight is 341 g/mol. The molecule has 0 aromatic heterocycles. The fraction of sp³-hybridized carbons (Fsp3) is 0.611. The van der Waals surface area contributed by atoms with E-state index in [1.54, 1.807) is 6.07 Å². The monoisotopic (exact) mass is 341 g/mol. The van der Waals surface area contributed by atoms with Crippen molar-refractivity contribution >= 4 is 6.09 Å². The van der Waals surface area contributed by atoms with E-state index in [1.165, 1.54) is 12.1 Å². The van der Waals surface area contributed by atoms with Gasteiger partial charge in [-0.3, -0.25) is 0 Å². The number of aliphatic hydroxyl groups excluding tert-OH is 1. The molecule has 24 heavy (non-hydrogen) atoms. The molecule has 0 spiro atoms. The lowest BCUT2D eigenvalue weighted by Gasteiger charge is -2.23. The second-order valence-electron chi connectivity index (χ2n) is 6.61. The number of nitrogens with one attached hydrogen (secondary N) is 1. The summed E-state index contributed by atoms with van der Waals surface area (Å²) >= 11 is 0. The summed E-state index contributed by atoms with van der Waals surface area (Å²) in [4.78, 5) is 11.9. The van der Waals surface area contributed by atoms with Gasteiger partial charge < -0.3 is 19.9 Å². The number of carbonyl (C=O) groups is 1. The maximum absolute atomic E-state index is 13.5. The highest BCUT2D eigenvalue weighted by atomic mass is 19.1. The molecule has 1 aromatic rings. The molecule has 0 unspecified atom stereocenters. The van der Waals surface area contributed by atoms with E-state index in [1.807, 2.05) is 27.7 Å². The number of hydrogen-bond donors (Lipinski definition) is 2. The second kappa shape index (κ2) is 9.47. The van der Waals surface area contributed by atoms with Gasteiger partial charge in [0.2, 0.25) is 0 Å². The third-order valence-electron chi connectivity index (χ3n) is 3.35. The molecule has 5 nitrogen and oxygen atoms in total. The number of amides is 1. The van der Waals surface area contributed by atoms with Crippen molar-refractivity contribution in [3.8, 4) is 5.75 Å².